The monoisotopic (exact) mass is 416 g/mol. The second-order valence-corrected chi connectivity index (χ2v) is 8.40. The summed E-state index contributed by atoms with van der Waals surface area (Å²) >= 11 is 6.02. The summed E-state index contributed by atoms with van der Waals surface area (Å²) in [6.45, 7) is 5.44. The van der Waals surface area contributed by atoms with E-state index in [0.29, 0.717) is 36.1 Å². The number of nitrogens with zero attached hydrogens (tertiary/aromatic N) is 1. The number of carbonyl (C=O) groups is 2. The van der Waals surface area contributed by atoms with Gasteiger partial charge in [-0.15, -0.1) is 0 Å². The van der Waals surface area contributed by atoms with Crippen LogP contribution in [0.4, 0.5) is 4.39 Å². The molecule has 1 aliphatic rings. The standard InChI is InChI=1S/C23H26ClFN2O2/c1-15(2)9-10-26-22(28)21-14-27(23(29)17-6-3-7-18(24)11-17)13-20(21)16-5-4-8-19(25)12-16/h3-8,11-12,15,20-21H,9-10,13-14H2,1-2H3,(H,26,28). The number of benzene rings is 2. The van der Waals surface area contributed by atoms with E-state index >= 15 is 0 Å². The summed E-state index contributed by atoms with van der Waals surface area (Å²) in [7, 11) is 0. The molecule has 2 unspecified atom stereocenters. The summed E-state index contributed by atoms with van der Waals surface area (Å²) in [5.74, 6) is -0.812. The Hall–Kier alpha value is -2.40. The number of nitrogens with one attached hydrogen (secondary N) is 1. The highest BCUT2D eigenvalue weighted by Crippen LogP contribution is 2.34. The van der Waals surface area contributed by atoms with Crippen molar-refractivity contribution in [2.45, 2.75) is 26.2 Å². The van der Waals surface area contributed by atoms with Crippen LogP contribution in [0.15, 0.2) is 48.5 Å². The van der Waals surface area contributed by atoms with E-state index in [1.807, 2.05) is 6.07 Å². The summed E-state index contributed by atoms with van der Waals surface area (Å²) in [6, 6.07) is 13.1. The minimum atomic E-state index is -0.424. The van der Waals surface area contributed by atoms with Crippen molar-refractivity contribution in [1.29, 1.82) is 0 Å². The summed E-state index contributed by atoms with van der Waals surface area (Å²) < 4.78 is 13.8. The predicted octanol–water partition coefficient (Wildman–Crippen LogP) is 4.50. The molecule has 0 spiro atoms. The second-order valence-electron chi connectivity index (χ2n) is 7.96. The van der Waals surface area contributed by atoms with E-state index in [2.05, 4.69) is 19.2 Å². The van der Waals surface area contributed by atoms with Gasteiger partial charge in [0.25, 0.3) is 5.91 Å². The lowest BCUT2D eigenvalue weighted by atomic mass is 9.88. The lowest BCUT2D eigenvalue weighted by Crippen LogP contribution is -2.36. The Morgan fingerprint density at radius 2 is 1.93 bits per heavy atom. The maximum Gasteiger partial charge on any atom is 0.253 e. The zero-order chi connectivity index (χ0) is 21.0. The van der Waals surface area contributed by atoms with Crippen molar-refractivity contribution in [1.82, 2.24) is 10.2 Å². The van der Waals surface area contributed by atoms with Gasteiger partial charge in [0.05, 0.1) is 5.92 Å². The van der Waals surface area contributed by atoms with Crippen LogP contribution in [0.2, 0.25) is 5.02 Å². The van der Waals surface area contributed by atoms with Crippen molar-refractivity contribution in [2.75, 3.05) is 19.6 Å². The molecule has 1 heterocycles. The van der Waals surface area contributed by atoms with Crippen LogP contribution in [0.3, 0.4) is 0 Å². The first-order chi connectivity index (χ1) is 13.8. The van der Waals surface area contributed by atoms with Gasteiger partial charge in [-0.1, -0.05) is 43.6 Å². The zero-order valence-corrected chi connectivity index (χ0v) is 17.5. The van der Waals surface area contributed by atoms with Gasteiger partial charge < -0.3 is 10.2 Å². The average molecular weight is 417 g/mol. The van der Waals surface area contributed by atoms with Crippen molar-refractivity contribution in [3.63, 3.8) is 0 Å². The van der Waals surface area contributed by atoms with Crippen molar-refractivity contribution >= 4 is 23.4 Å². The highest BCUT2D eigenvalue weighted by molar-refractivity contribution is 6.30. The van der Waals surface area contributed by atoms with Crippen molar-refractivity contribution < 1.29 is 14.0 Å². The first kappa shape index (κ1) is 21.3. The van der Waals surface area contributed by atoms with Gasteiger partial charge in [-0.2, -0.15) is 0 Å². The van der Waals surface area contributed by atoms with Crippen molar-refractivity contribution in [3.8, 4) is 0 Å². The molecule has 2 aromatic carbocycles. The van der Waals surface area contributed by atoms with E-state index in [-0.39, 0.29) is 23.5 Å². The lowest BCUT2D eigenvalue weighted by Gasteiger charge is -2.18. The smallest absolute Gasteiger partial charge is 0.253 e. The maximum absolute atomic E-state index is 13.8. The van der Waals surface area contributed by atoms with Gasteiger partial charge in [-0.05, 0) is 48.2 Å². The molecule has 154 valence electrons. The molecule has 0 saturated carbocycles. The molecular weight excluding hydrogens is 391 g/mol. The summed E-state index contributed by atoms with van der Waals surface area (Å²) in [5.41, 5.74) is 1.21. The minimum absolute atomic E-state index is 0.0960. The normalized spacial score (nSPS) is 18.9. The van der Waals surface area contributed by atoms with E-state index in [0.717, 1.165) is 12.0 Å². The number of halogens is 2. The molecule has 2 atom stereocenters. The topological polar surface area (TPSA) is 49.4 Å². The fourth-order valence-corrected chi connectivity index (χ4v) is 3.92. The largest absolute Gasteiger partial charge is 0.356 e. The molecule has 0 bridgehead atoms. The molecular formula is C23H26ClFN2O2. The molecule has 0 radical (unpaired) electrons. The quantitative estimate of drug-likeness (QED) is 0.753. The third-order valence-corrected chi connectivity index (χ3v) is 5.55. The lowest BCUT2D eigenvalue weighted by molar-refractivity contribution is -0.124. The van der Waals surface area contributed by atoms with Gasteiger partial charge in [0, 0.05) is 36.1 Å². The van der Waals surface area contributed by atoms with Gasteiger partial charge in [-0.3, -0.25) is 9.59 Å². The number of likely N-dealkylation sites (tertiary alicyclic amines) is 1. The summed E-state index contributed by atoms with van der Waals surface area (Å²) in [6.07, 6.45) is 0.883. The summed E-state index contributed by atoms with van der Waals surface area (Å²) in [5, 5.41) is 3.47. The number of hydrogen-bond acceptors (Lipinski definition) is 2. The predicted molar refractivity (Wildman–Crippen MR) is 112 cm³/mol. The SMILES string of the molecule is CC(C)CCNC(=O)C1CN(C(=O)c2cccc(Cl)c2)CC1c1cccc(F)c1. The highest BCUT2D eigenvalue weighted by Gasteiger charge is 2.40. The molecule has 1 N–H and O–H groups in total. The van der Waals surface area contributed by atoms with Crippen molar-refractivity contribution in [3.05, 3.63) is 70.5 Å². The van der Waals surface area contributed by atoms with Gasteiger partial charge in [0.1, 0.15) is 5.82 Å². The molecule has 1 fully saturated rings. The van der Waals surface area contributed by atoms with Gasteiger partial charge >= 0.3 is 0 Å². The van der Waals surface area contributed by atoms with Crippen LogP contribution in [-0.4, -0.2) is 36.3 Å². The van der Waals surface area contributed by atoms with Crippen LogP contribution in [0.25, 0.3) is 0 Å². The van der Waals surface area contributed by atoms with Gasteiger partial charge in [0.15, 0.2) is 0 Å². The van der Waals surface area contributed by atoms with Crippen LogP contribution >= 0.6 is 11.6 Å². The van der Waals surface area contributed by atoms with E-state index in [4.69, 9.17) is 11.6 Å². The number of carbonyl (C=O) groups excluding carboxylic acids is 2. The third kappa shape index (κ3) is 5.36. The Balaban J connectivity index is 1.81. The fraction of sp³-hybridized carbons (Fsp3) is 0.391. The number of rotatable bonds is 6. The highest BCUT2D eigenvalue weighted by atomic mass is 35.5. The Labute approximate surface area is 176 Å². The number of amides is 2. The Bertz CT molecular complexity index is 887. The first-order valence-corrected chi connectivity index (χ1v) is 10.3. The first-order valence-electron chi connectivity index (χ1n) is 9.93. The van der Waals surface area contributed by atoms with Gasteiger partial charge in [-0.25, -0.2) is 4.39 Å². The molecule has 4 nitrogen and oxygen atoms in total. The van der Waals surface area contributed by atoms with E-state index in [9.17, 15) is 14.0 Å². The van der Waals surface area contributed by atoms with E-state index < -0.39 is 5.92 Å². The molecule has 0 aromatic heterocycles. The molecule has 0 aliphatic carbocycles. The van der Waals surface area contributed by atoms with Crippen LogP contribution in [0, 0.1) is 17.7 Å². The molecule has 6 heteroatoms. The Morgan fingerprint density at radius 3 is 2.62 bits per heavy atom. The zero-order valence-electron chi connectivity index (χ0n) is 16.7. The molecule has 1 aliphatic heterocycles. The number of hydrogen-bond donors (Lipinski definition) is 1. The van der Waals surface area contributed by atoms with Crippen LogP contribution in [0.5, 0.6) is 0 Å². The van der Waals surface area contributed by atoms with Crippen LogP contribution < -0.4 is 5.32 Å². The molecule has 3 rings (SSSR count). The molecule has 29 heavy (non-hydrogen) atoms. The molecule has 2 aromatic rings. The average Bonchev–Trinajstić information content (AvgIpc) is 3.12. The van der Waals surface area contributed by atoms with Gasteiger partial charge in [0.2, 0.25) is 5.91 Å². The van der Waals surface area contributed by atoms with E-state index in [1.54, 1.807) is 35.2 Å². The molecule has 1 saturated heterocycles. The Kier molecular flexibility index (Phi) is 6.91. The van der Waals surface area contributed by atoms with Crippen molar-refractivity contribution in [2.24, 2.45) is 11.8 Å². The third-order valence-electron chi connectivity index (χ3n) is 5.31. The van der Waals surface area contributed by atoms with Crippen LogP contribution in [-0.2, 0) is 4.79 Å². The van der Waals surface area contributed by atoms with Crippen LogP contribution in [0.1, 0.15) is 42.1 Å². The summed E-state index contributed by atoms with van der Waals surface area (Å²) in [4.78, 5) is 27.5. The molecule has 2 amide bonds. The van der Waals surface area contributed by atoms with E-state index in [1.165, 1.54) is 12.1 Å². The Morgan fingerprint density at radius 1 is 1.17 bits per heavy atom. The fourth-order valence-electron chi connectivity index (χ4n) is 3.73. The second kappa shape index (κ2) is 9.40. The maximum atomic E-state index is 13.8. The minimum Gasteiger partial charge on any atom is -0.356 e.